The smallest absolute Gasteiger partial charge is 0.0457 e. The number of aromatic amines is 1. The van der Waals surface area contributed by atoms with Crippen LogP contribution in [0.15, 0.2) is 53.1 Å². The molecule has 0 aliphatic heterocycles. The highest BCUT2D eigenvalue weighted by atomic mass is 79.9. The normalized spacial score (nSPS) is 10.8. The topological polar surface area (TPSA) is 27.8 Å². The lowest BCUT2D eigenvalue weighted by Gasteiger charge is -2.08. The van der Waals surface area contributed by atoms with Crippen molar-refractivity contribution in [2.45, 2.75) is 13.5 Å². The lowest BCUT2D eigenvalue weighted by atomic mass is 10.1. The van der Waals surface area contributed by atoms with Gasteiger partial charge in [-0.1, -0.05) is 28.1 Å². The van der Waals surface area contributed by atoms with Crippen LogP contribution in [0.25, 0.3) is 10.9 Å². The van der Waals surface area contributed by atoms with E-state index >= 15 is 0 Å². The van der Waals surface area contributed by atoms with Gasteiger partial charge in [-0.2, -0.15) is 0 Å². The summed E-state index contributed by atoms with van der Waals surface area (Å²) < 4.78 is 1.11. The number of benzene rings is 2. The van der Waals surface area contributed by atoms with Gasteiger partial charge in [0.05, 0.1) is 0 Å². The van der Waals surface area contributed by atoms with Crippen LogP contribution in [-0.2, 0) is 6.54 Å². The second-order valence-electron chi connectivity index (χ2n) is 4.77. The fraction of sp³-hybridized carbons (Fsp3) is 0.125. The molecule has 0 saturated carbocycles. The Labute approximate surface area is 121 Å². The maximum atomic E-state index is 3.52. The standard InChI is InChI=1S/C16H15BrN2/c1-11-6-14(17)9-15(7-11)19-10-12-2-3-13-4-5-18-16(13)8-12/h2-9,18-19H,10H2,1H3. The molecular weight excluding hydrogens is 300 g/mol. The largest absolute Gasteiger partial charge is 0.381 e. The van der Waals surface area contributed by atoms with Gasteiger partial charge in [0.15, 0.2) is 0 Å². The summed E-state index contributed by atoms with van der Waals surface area (Å²) in [5.74, 6) is 0. The predicted octanol–water partition coefficient (Wildman–Crippen LogP) is 4.85. The average molecular weight is 315 g/mol. The Kier molecular flexibility index (Phi) is 3.30. The molecule has 0 fully saturated rings. The second kappa shape index (κ2) is 5.10. The van der Waals surface area contributed by atoms with Crippen molar-refractivity contribution in [1.29, 1.82) is 0 Å². The summed E-state index contributed by atoms with van der Waals surface area (Å²) in [6.07, 6.45) is 1.97. The molecule has 0 amide bonds. The zero-order valence-electron chi connectivity index (χ0n) is 10.7. The van der Waals surface area contributed by atoms with Crippen molar-refractivity contribution >= 4 is 32.5 Å². The monoisotopic (exact) mass is 314 g/mol. The number of aromatic nitrogens is 1. The van der Waals surface area contributed by atoms with Gasteiger partial charge in [0.25, 0.3) is 0 Å². The zero-order chi connectivity index (χ0) is 13.2. The van der Waals surface area contributed by atoms with Gasteiger partial charge in [-0.25, -0.2) is 0 Å². The van der Waals surface area contributed by atoms with E-state index in [4.69, 9.17) is 0 Å². The number of halogens is 1. The van der Waals surface area contributed by atoms with Gasteiger partial charge >= 0.3 is 0 Å². The van der Waals surface area contributed by atoms with Gasteiger partial charge in [-0.15, -0.1) is 0 Å². The summed E-state index contributed by atoms with van der Waals surface area (Å²) in [6.45, 7) is 2.92. The fourth-order valence-corrected chi connectivity index (χ4v) is 2.86. The van der Waals surface area contributed by atoms with Crippen molar-refractivity contribution in [2.24, 2.45) is 0 Å². The Bertz CT molecular complexity index is 695. The van der Waals surface area contributed by atoms with Crippen LogP contribution >= 0.6 is 15.9 Å². The van der Waals surface area contributed by atoms with E-state index in [2.05, 4.69) is 75.6 Å². The number of aryl methyl sites for hydroxylation is 1. The van der Waals surface area contributed by atoms with E-state index in [1.165, 1.54) is 22.0 Å². The highest BCUT2D eigenvalue weighted by molar-refractivity contribution is 9.10. The SMILES string of the molecule is Cc1cc(Br)cc(NCc2ccc3cc[nH]c3c2)c1. The summed E-state index contributed by atoms with van der Waals surface area (Å²) >= 11 is 3.52. The van der Waals surface area contributed by atoms with E-state index in [-0.39, 0.29) is 0 Å². The van der Waals surface area contributed by atoms with Crippen LogP contribution in [0.4, 0.5) is 5.69 Å². The first-order valence-electron chi connectivity index (χ1n) is 6.28. The predicted molar refractivity (Wildman–Crippen MR) is 84.5 cm³/mol. The third-order valence-corrected chi connectivity index (χ3v) is 3.62. The molecule has 1 aromatic heterocycles. The Hall–Kier alpha value is -1.74. The molecule has 3 aromatic rings. The Morgan fingerprint density at radius 1 is 1.11 bits per heavy atom. The maximum Gasteiger partial charge on any atom is 0.0457 e. The van der Waals surface area contributed by atoms with E-state index in [0.717, 1.165) is 16.7 Å². The lowest BCUT2D eigenvalue weighted by Crippen LogP contribution is -1.99. The number of rotatable bonds is 3. The van der Waals surface area contributed by atoms with Gasteiger partial charge in [0.2, 0.25) is 0 Å². The maximum absolute atomic E-state index is 3.52. The van der Waals surface area contributed by atoms with Crippen LogP contribution in [0.2, 0.25) is 0 Å². The van der Waals surface area contributed by atoms with Gasteiger partial charge in [-0.3, -0.25) is 0 Å². The van der Waals surface area contributed by atoms with Crippen molar-refractivity contribution in [3.63, 3.8) is 0 Å². The van der Waals surface area contributed by atoms with Crippen molar-refractivity contribution in [3.8, 4) is 0 Å². The van der Waals surface area contributed by atoms with E-state index in [1.807, 2.05) is 6.20 Å². The van der Waals surface area contributed by atoms with Gasteiger partial charge in [0, 0.05) is 28.4 Å². The first kappa shape index (κ1) is 12.3. The molecule has 3 heteroatoms. The molecule has 3 rings (SSSR count). The van der Waals surface area contributed by atoms with Crippen LogP contribution in [0, 0.1) is 6.92 Å². The molecule has 0 aliphatic carbocycles. The zero-order valence-corrected chi connectivity index (χ0v) is 12.3. The molecule has 0 radical (unpaired) electrons. The molecule has 0 saturated heterocycles. The minimum atomic E-state index is 0.824. The average Bonchev–Trinajstić information content (AvgIpc) is 2.82. The highest BCUT2D eigenvalue weighted by Crippen LogP contribution is 2.20. The van der Waals surface area contributed by atoms with Crippen LogP contribution in [0.5, 0.6) is 0 Å². The molecule has 2 nitrogen and oxygen atoms in total. The van der Waals surface area contributed by atoms with Crippen LogP contribution in [-0.4, -0.2) is 4.98 Å². The third kappa shape index (κ3) is 2.82. The van der Waals surface area contributed by atoms with Gasteiger partial charge in [-0.05, 0) is 53.8 Å². The summed E-state index contributed by atoms with van der Waals surface area (Å²) in [4.78, 5) is 3.24. The molecule has 0 aliphatic rings. The molecular formula is C16H15BrN2. The third-order valence-electron chi connectivity index (χ3n) is 3.16. The first-order chi connectivity index (χ1) is 9.20. The molecule has 19 heavy (non-hydrogen) atoms. The van der Waals surface area contributed by atoms with E-state index in [1.54, 1.807) is 0 Å². The molecule has 0 atom stereocenters. The molecule has 0 unspecified atom stereocenters. The number of anilines is 1. The van der Waals surface area contributed by atoms with Gasteiger partial charge < -0.3 is 10.3 Å². The summed E-state index contributed by atoms with van der Waals surface area (Å²) in [7, 11) is 0. The highest BCUT2D eigenvalue weighted by Gasteiger charge is 1.99. The number of fused-ring (bicyclic) bond motifs is 1. The number of hydrogen-bond donors (Lipinski definition) is 2. The van der Waals surface area contributed by atoms with Crippen LogP contribution in [0.1, 0.15) is 11.1 Å². The summed E-state index contributed by atoms with van der Waals surface area (Å²) in [5.41, 5.74) is 4.84. The first-order valence-corrected chi connectivity index (χ1v) is 7.07. The van der Waals surface area contributed by atoms with Crippen molar-refractivity contribution in [1.82, 2.24) is 4.98 Å². The Morgan fingerprint density at radius 2 is 2.00 bits per heavy atom. The molecule has 0 bridgehead atoms. The van der Waals surface area contributed by atoms with Crippen LogP contribution < -0.4 is 5.32 Å². The second-order valence-corrected chi connectivity index (χ2v) is 5.69. The molecule has 2 N–H and O–H groups in total. The lowest BCUT2D eigenvalue weighted by molar-refractivity contribution is 1.15. The van der Waals surface area contributed by atoms with Crippen molar-refractivity contribution in [3.05, 3.63) is 64.3 Å². The van der Waals surface area contributed by atoms with E-state index < -0.39 is 0 Å². The molecule has 1 heterocycles. The Balaban J connectivity index is 1.77. The molecule has 2 aromatic carbocycles. The van der Waals surface area contributed by atoms with E-state index in [0.29, 0.717) is 0 Å². The summed E-state index contributed by atoms with van der Waals surface area (Å²) in [6, 6.07) is 14.9. The fourth-order valence-electron chi connectivity index (χ4n) is 2.25. The number of hydrogen-bond acceptors (Lipinski definition) is 1. The van der Waals surface area contributed by atoms with Crippen molar-refractivity contribution in [2.75, 3.05) is 5.32 Å². The molecule has 96 valence electrons. The quantitative estimate of drug-likeness (QED) is 0.710. The van der Waals surface area contributed by atoms with Crippen LogP contribution in [0.3, 0.4) is 0 Å². The number of H-pyrrole nitrogens is 1. The van der Waals surface area contributed by atoms with Gasteiger partial charge in [0.1, 0.15) is 0 Å². The number of nitrogens with one attached hydrogen (secondary N) is 2. The molecule has 0 spiro atoms. The summed E-state index contributed by atoms with van der Waals surface area (Å²) in [5, 5.41) is 4.71. The van der Waals surface area contributed by atoms with E-state index in [9.17, 15) is 0 Å². The minimum Gasteiger partial charge on any atom is -0.381 e. The minimum absolute atomic E-state index is 0.824. The van der Waals surface area contributed by atoms with Crippen molar-refractivity contribution < 1.29 is 0 Å². The Morgan fingerprint density at radius 3 is 2.84 bits per heavy atom.